The number of hydrogen-bond acceptors (Lipinski definition) is 28. The van der Waals surface area contributed by atoms with Crippen LogP contribution in [0.15, 0.2) is 11.6 Å². The number of aliphatic hydroxyl groups excluding tert-OH is 17. The summed E-state index contributed by atoms with van der Waals surface area (Å²) in [6, 6.07) is 0. The van der Waals surface area contributed by atoms with Crippen molar-refractivity contribution in [1.82, 2.24) is 0 Å². The second-order valence-electron chi connectivity index (χ2n) is 28.2. The predicted octanol–water partition coefficient (Wildman–Crippen LogP) is -4.99. The van der Waals surface area contributed by atoms with Gasteiger partial charge in [0.05, 0.1) is 74.4 Å². The van der Waals surface area contributed by atoms with Gasteiger partial charge < -0.3 is 134 Å². The van der Waals surface area contributed by atoms with E-state index >= 15 is 4.79 Å². The van der Waals surface area contributed by atoms with Crippen LogP contribution in [0.5, 0.6) is 0 Å². The molecule has 5 aliphatic heterocycles. The van der Waals surface area contributed by atoms with E-state index in [2.05, 4.69) is 33.8 Å². The number of allylic oxidation sites excluding steroid dienone is 2. The maximum Gasteiger partial charge on any atom is 0.315 e. The number of hydrogen-bond donors (Lipinski definition) is 17. The number of carbonyl (C=O) groups excluding carboxylic acids is 1. The monoisotopic (exact) mass is 1240 g/mol. The summed E-state index contributed by atoms with van der Waals surface area (Å²) in [6.45, 7) is 10.0. The van der Waals surface area contributed by atoms with Crippen LogP contribution in [0.2, 0.25) is 0 Å². The van der Waals surface area contributed by atoms with E-state index in [-0.39, 0.29) is 24.2 Å². The van der Waals surface area contributed by atoms with Crippen LogP contribution in [0, 0.1) is 50.2 Å². The Hall–Kier alpha value is -1.83. The van der Waals surface area contributed by atoms with Gasteiger partial charge in [-0.15, -0.1) is 0 Å². The number of carbonyl (C=O) groups is 1. The van der Waals surface area contributed by atoms with E-state index in [0.717, 1.165) is 5.57 Å². The van der Waals surface area contributed by atoms with Crippen LogP contribution in [0.3, 0.4) is 0 Å². The number of esters is 1. The minimum Gasteiger partial charge on any atom is -0.432 e. The Labute approximate surface area is 498 Å². The molecule has 33 atom stereocenters. The van der Waals surface area contributed by atoms with Gasteiger partial charge in [-0.1, -0.05) is 46.3 Å². The van der Waals surface area contributed by atoms with E-state index in [1.54, 1.807) is 0 Å². The standard InChI is InChI=1S/C58H94O28/c1-22-32(66)35(69)38(72)48(79-22)83-43-29(65)19-77-47(41(43)75)82-42-23(2)80-49(40(74)37(42)71)84-44-33(67)28(64)18-78-51(44)86-52(76)57-12-10-53(3,4)14-25(57)24-8-9-31-54(5)15-27(63)46(85-50-39(73)36(70)34(68)30(17-59)81-50)58(20-60,21-61)45(54)26(62)16-56(31,7)55(24,6)11-13-57/h8,22-23,25-51,59-75H,9-21H2,1-7H3/t22-,23-,25-,26+,27+,28-,29+,30+,31+,32-,33-,34+,35+,36-,37-,38+,39+,40+,41+,42-,43-,44+,45+,46+,47-,48-,49-,50-,51-,54+,55+,56+,57-/m0/s1. The van der Waals surface area contributed by atoms with Crippen LogP contribution < -0.4 is 0 Å². The molecule has 0 radical (unpaired) electrons. The zero-order valence-corrected chi connectivity index (χ0v) is 49.6. The second kappa shape index (κ2) is 24.6. The summed E-state index contributed by atoms with van der Waals surface area (Å²) >= 11 is 0. The van der Waals surface area contributed by atoms with Crippen molar-refractivity contribution in [3.63, 3.8) is 0 Å². The van der Waals surface area contributed by atoms with Crippen molar-refractivity contribution in [1.29, 1.82) is 0 Å². The van der Waals surface area contributed by atoms with Crippen molar-refractivity contribution < 1.29 is 139 Å². The van der Waals surface area contributed by atoms with E-state index in [9.17, 15) is 86.8 Å². The third-order valence-corrected chi connectivity index (χ3v) is 22.7. The van der Waals surface area contributed by atoms with Crippen LogP contribution in [0.1, 0.15) is 99.8 Å². The first-order valence-electron chi connectivity index (χ1n) is 30.4. The molecule has 9 fully saturated rings. The van der Waals surface area contributed by atoms with E-state index in [0.29, 0.717) is 38.5 Å². The molecular formula is C58H94O28. The summed E-state index contributed by atoms with van der Waals surface area (Å²) in [4.78, 5) is 15.4. The molecule has 0 aromatic heterocycles. The fourth-order valence-corrected chi connectivity index (χ4v) is 17.7. The first-order chi connectivity index (χ1) is 40.3. The van der Waals surface area contributed by atoms with Crippen molar-refractivity contribution in [2.75, 3.05) is 33.0 Å². The van der Waals surface area contributed by atoms with E-state index < -0.39 is 238 Å². The van der Waals surface area contributed by atoms with E-state index in [1.165, 1.54) is 13.8 Å². The molecular weight excluding hydrogens is 1140 g/mol. The molecule has 0 amide bonds. The Balaban J connectivity index is 0.859. The molecule has 494 valence electrons. The smallest absolute Gasteiger partial charge is 0.315 e. The molecule has 0 aromatic rings. The van der Waals surface area contributed by atoms with Gasteiger partial charge >= 0.3 is 5.97 Å². The van der Waals surface area contributed by atoms with Crippen molar-refractivity contribution in [3.8, 4) is 0 Å². The molecule has 0 bridgehead atoms. The summed E-state index contributed by atoms with van der Waals surface area (Å²) in [7, 11) is 0. The highest BCUT2D eigenvalue weighted by Gasteiger charge is 2.74. The van der Waals surface area contributed by atoms with Crippen LogP contribution in [-0.4, -0.2) is 285 Å². The number of aliphatic hydroxyl groups is 17. The lowest BCUT2D eigenvalue weighted by atomic mass is 9.32. The number of ether oxygens (including phenoxy) is 10. The van der Waals surface area contributed by atoms with Crippen LogP contribution in [0.25, 0.3) is 0 Å². The molecule has 10 aliphatic rings. The van der Waals surface area contributed by atoms with Crippen LogP contribution in [-0.2, 0) is 52.2 Å². The lowest BCUT2D eigenvalue weighted by molar-refractivity contribution is -0.377. The maximum absolute atomic E-state index is 15.4. The average Bonchev–Trinajstić information content (AvgIpc) is 0.675. The normalized spacial score (nSPS) is 54.5. The van der Waals surface area contributed by atoms with E-state index in [4.69, 9.17) is 47.4 Å². The summed E-state index contributed by atoms with van der Waals surface area (Å²) < 4.78 is 58.9. The van der Waals surface area contributed by atoms with Gasteiger partial charge in [0.2, 0.25) is 6.29 Å². The fourth-order valence-electron chi connectivity index (χ4n) is 17.7. The maximum atomic E-state index is 15.4. The zero-order valence-electron chi connectivity index (χ0n) is 49.6. The molecule has 5 heterocycles. The highest BCUT2D eigenvalue weighted by atomic mass is 16.8. The minimum atomic E-state index is -1.97. The predicted molar refractivity (Wildman–Crippen MR) is 286 cm³/mol. The van der Waals surface area contributed by atoms with Gasteiger partial charge in [0.1, 0.15) is 91.6 Å². The molecule has 0 unspecified atom stereocenters. The SMILES string of the molecule is C[C@@H]1O[C@@H](O[C@@H]2[C@@H](O)[C@H](O[C@@H]3[C@@H](O)[C@@H](O)[C@H](O[C@H]4[C@H](OC(=O)[C@]56CCC(C)(C)C[C@H]5C5=CC[C@@H]7[C@@]8(C)C[C@@H](O)[C@@H](O[C@@H]9O[C@H](CO)[C@@H](O)[C@H](O)[C@H]9O)C(CO)(CO)[C@@H]8[C@H](O)C[C@@]7(C)[C@]5(C)CC6)OC[C@H](O)[C@@H]4O)O[C@H]3C)OC[C@H]2O)[C@H](O)[C@H](O)[C@H]1O. The molecule has 28 nitrogen and oxygen atoms in total. The molecule has 5 aliphatic carbocycles. The first-order valence-corrected chi connectivity index (χ1v) is 30.4. The molecule has 17 N–H and O–H groups in total. The van der Waals surface area contributed by atoms with Crippen LogP contribution in [0.4, 0.5) is 0 Å². The zero-order chi connectivity index (χ0) is 62.9. The van der Waals surface area contributed by atoms with Gasteiger partial charge in [0.15, 0.2) is 31.3 Å². The highest BCUT2D eigenvalue weighted by molar-refractivity contribution is 5.79. The van der Waals surface area contributed by atoms with Gasteiger partial charge in [0, 0.05) is 5.92 Å². The summed E-state index contributed by atoms with van der Waals surface area (Å²) in [5, 5.41) is 188. The summed E-state index contributed by atoms with van der Waals surface area (Å²) in [5.41, 5.74) is -4.67. The first kappa shape index (κ1) is 67.1. The number of fused-ring (bicyclic) bond motifs is 7. The van der Waals surface area contributed by atoms with Gasteiger partial charge in [-0.3, -0.25) is 4.79 Å². The van der Waals surface area contributed by atoms with Crippen molar-refractivity contribution in [2.24, 2.45) is 50.2 Å². The van der Waals surface area contributed by atoms with Gasteiger partial charge in [-0.2, -0.15) is 0 Å². The largest absolute Gasteiger partial charge is 0.432 e. The lowest BCUT2D eigenvalue weighted by Crippen LogP contribution is -2.73. The molecule has 86 heavy (non-hydrogen) atoms. The molecule has 10 rings (SSSR count). The molecule has 28 heteroatoms. The quantitative estimate of drug-likeness (QED) is 0.0466. The average molecular weight is 1240 g/mol. The Bertz CT molecular complexity index is 2400. The van der Waals surface area contributed by atoms with Crippen molar-refractivity contribution in [3.05, 3.63) is 11.6 Å². The summed E-state index contributed by atoms with van der Waals surface area (Å²) in [5.74, 6) is -2.33. The van der Waals surface area contributed by atoms with Gasteiger partial charge in [0.25, 0.3) is 0 Å². The topological polar surface area (TPSA) is 453 Å². The minimum absolute atomic E-state index is 0.00234. The molecule has 5 saturated heterocycles. The van der Waals surface area contributed by atoms with Gasteiger partial charge in [-0.25, -0.2) is 0 Å². The van der Waals surface area contributed by atoms with E-state index in [1.807, 2.05) is 6.92 Å². The Morgan fingerprint density at radius 2 is 1.10 bits per heavy atom. The van der Waals surface area contributed by atoms with Crippen LogP contribution >= 0.6 is 0 Å². The highest BCUT2D eigenvalue weighted by Crippen LogP contribution is 2.76. The molecule has 4 saturated carbocycles. The third-order valence-electron chi connectivity index (χ3n) is 22.7. The summed E-state index contributed by atoms with van der Waals surface area (Å²) in [6.07, 6.45) is -36.7. The number of rotatable bonds is 13. The van der Waals surface area contributed by atoms with Gasteiger partial charge in [-0.05, 0) is 98.7 Å². The third kappa shape index (κ3) is 10.9. The molecule has 0 spiro atoms. The lowest BCUT2D eigenvalue weighted by Gasteiger charge is -2.72. The Morgan fingerprint density at radius 3 is 1.76 bits per heavy atom. The van der Waals surface area contributed by atoms with Crippen molar-refractivity contribution in [2.45, 2.75) is 259 Å². The molecule has 0 aromatic carbocycles. The fraction of sp³-hybridized carbons (Fsp3) is 0.948. The second-order valence-corrected chi connectivity index (χ2v) is 28.2. The Morgan fingerprint density at radius 1 is 0.535 bits per heavy atom. The Kier molecular flexibility index (Phi) is 19.2. The van der Waals surface area contributed by atoms with Crippen molar-refractivity contribution >= 4 is 5.97 Å².